The molecule has 0 unspecified atom stereocenters. The number of amides is 1. The Bertz CT molecular complexity index is 849. The van der Waals surface area contributed by atoms with Gasteiger partial charge >= 0.3 is 0 Å². The lowest BCUT2D eigenvalue weighted by Crippen LogP contribution is -2.25. The molecule has 0 fully saturated rings. The van der Waals surface area contributed by atoms with E-state index in [1.165, 1.54) is 0 Å². The predicted molar refractivity (Wildman–Crippen MR) is 115 cm³/mol. The number of nitrogens with zero attached hydrogens (tertiary/aromatic N) is 1. The van der Waals surface area contributed by atoms with Crippen LogP contribution in [0.1, 0.15) is 12.5 Å². The molecule has 27 heavy (non-hydrogen) atoms. The van der Waals surface area contributed by atoms with Gasteiger partial charge < -0.3 is 14.2 Å². The topological polar surface area (TPSA) is 69.2 Å². The van der Waals surface area contributed by atoms with Crippen LogP contribution in [0.15, 0.2) is 48.9 Å². The molecule has 0 saturated carbocycles. The van der Waals surface area contributed by atoms with Crippen molar-refractivity contribution in [3.05, 3.63) is 49.3 Å². The third-order valence-corrected chi connectivity index (χ3v) is 5.09. The number of nitrogens with one attached hydrogen (secondary N) is 1. The number of hydrogen-bond acceptors (Lipinski definition) is 5. The highest BCUT2D eigenvalue weighted by atomic mass is 79.9. The van der Waals surface area contributed by atoms with Crippen LogP contribution in [-0.2, 0) is 4.79 Å². The predicted octanol–water partition coefficient (Wildman–Crippen LogP) is 4.91. The van der Waals surface area contributed by atoms with Crippen LogP contribution >= 0.6 is 47.8 Å². The van der Waals surface area contributed by atoms with E-state index in [0.29, 0.717) is 23.0 Å². The average molecular weight is 565 g/mol. The fourth-order valence-electron chi connectivity index (χ4n) is 2.14. The van der Waals surface area contributed by atoms with Gasteiger partial charge in [0.15, 0.2) is 6.61 Å². The summed E-state index contributed by atoms with van der Waals surface area (Å²) in [7, 11) is 3.14. The molecule has 0 spiro atoms. The van der Waals surface area contributed by atoms with Crippen molar-refractivity contribution in [1.82, 2.24) is 5.43 Å². The minimum absolute atomic E-state index is 0.185. The summed E-state index contributed by atoms with van der Waals surface area (Å²) in [5.74, 6) is 1.42. The minimum atomic E-state index is -0.386. The first kappa shape index (κ1) is 21.7. The van der Waals surface area contributed by atoms with E-state index in [9.17, 15) is 4.79 Å². The van der Waals surface area contributed by atoms with Crippen LogP contribution in [0, 0.1) is 0 Å². The Labute approximate surface area is 182 Å². The number of hydrogen-bond donors (Lipinski definition) is 1. The maximum absolute atomic E-state index is 12.1. The van der Waals surface area contributed by atoms with Crippen molar-refractivity contribution in [3.8, 4) is 17.2 Å². The fraction of sp³-hybridized carbons (Fsp3) is 0.222. The minimum Gasteiger partial charge on any atom is -0.497 e. The number of halogens is 3. The van der Waals surface area contributed by atoms with Crippen molar-refractivity contribution in [3.63, 3.8) is 0 Å². The molecule has 144 valence electrons. The summed E-state index contributed by atoms with van der Waals surface area (Å²) in [5, 5.41) is 4.12. The molecule has 0 aliphatic heterocycles. The van der Waals surface area contributed by atoms with Crippen LogP contribution in [0.2, 0.25) is 0 Å². The maximum atomic E-state index is 12.1. The van der Waals surface area contributed by atoms with Crippen molar-refractivity contribution in [1.29, 1.82) is 0 Å². The van der Waals surface area contributed by atoms with Crippen molar-refractivity contribution in [2.75, 3.05) is 20.8 Å². The first-order valence-corrected chi connectivity index (χ1v) is 10.1. The molecule has 9 heteroatoms. The zero-order chi connectivity index (χ0) is 20.0. The van der Waals surface area contributed by atoms with Gasteiger partial charge in [-0.15, -0.1) is 0 Å². The van der Waals surface area contributed by atoms with Crippen molar-refractivity contribution >= 4 is 59.4 Å². The Morgan fingerprint density at radius 2 is 1.74 bits per heavy atom. The lowest BCUT2D eigenvalue weighted by Gasteiger charge is -2.11. The molecule has 0 radical (unpaired) electrons. The number of ether oxygens (including phenoxy) is 3. The monoisotopic (exact) mass is 562 g/mol. The lowest BCUT2D eigenvalue weighted by atomic mass is 10.1. The molecule has 0 saturated heterocycles. The molecule has 0 aromatic heterocycles. The van der Waals surface area contributed by atoms with Gasteiger partial charge in [-0.2, -0.15) is 5.10 Å². The SMILES string of the molecule is COc1ccc(/C(C)=N/NC(=O)COc2c(Br)cc(Br)cc2Br)c(OC)c1. The van der Waals surface area contributed by atoms with E-state index >= 15 is 0 Å². The molecule has 2 aromatic carbocycles. The average Bonchev–Trinajstić information content (AvgIpc) is 2.64. The second kappa shape index (κ2) is 10.1. The summed E-state index contributed by atoms with van der Waals surface area (Å²) in [5.41, 5.74) is 3.82. The zero-order valence-corrected chi connectivity index (χ0v) is 19.6. The molecular formula is C18H17Br3N2O4. The summed E-state index contributed by atoms with van der Waals surface area (Å²) in [6.45, 7) is 1.59. The zero-order valence-electron chi connectivity index (χ0n) is 14.8. The van der Waals surface area contributed by atoms with Crippen LogP contribution in [0.5, 0.6) is 17.2 Å². The summed E-state index contributed by atoms with van der Waals surface area (Å²) >= 11 is 10.2. The van der Waals surface area contributed by atoms with Gasteiger partial charge in [0.05, 0.1) is 28.9 Å². The van der Waals surface area contributed by atoms with E-state index in [2.05, 4.69) is 58.3 Å². The van der Waals surface area contributed by atoms with Gasteiger partial charge in [-0.3, -0.25) is 4.79 Å². The molecule has 1 N–H and O–H groups in total. The summed E-state index contributed by atoms with van der Waals surface area (Å²) < 4.78 is 18.4. The smallest absolute Gasteiger partial charge is 0.277 e. The van der Waals surface area contributed by atoms with Gasteiger partial charge in [-0.25, -0.2) is 5.43 Å². The van der Waals surface area contributed by atoms with Gasteiger partial charge in [0.2, 0.25) is 0 Å². The Morgan fingerprint density at radius 1 is 1.07 bits per heavy atom. The van der Waals surface area contributed by atoms with Crippen LogP contribution in [0.3, 0.4) is 0 Å². The molecule has 1 amide bonds. The highest BCUT2D eigenvalue weighted by Gasteiger charge is 2.12. The van der Waals surface area contributed by atoms with Gasteiger partial charge in [0.1, 0.15) is 17.2 Å². The summed E-state index contributed by atoms with van der Waals surface area (Å²) in [4.78, 5) is 12.1. The summed E-state index contributed by atoms with van der Waals surface area (Å²) in [6.07, 6.45) is 0. The van der Waals surface area contributed by atoms with Crippen LogP contribution in [0.25, 0.3) is 0 Å². The van der Waals surface area contributed by atoms with Crippen LogP contribution in [-0.4, -0.2) is 32.4 Å². The number of hydrazone groups is 1. The molecule has 0 heterocycles. The van der Waals surface area contributed by atoms with Gasteiger partial charge in [0.25, 0.3) is 5.91 Å². The molecule has 2 rings (SSSR count). The molecule has 2 aromatic rings. The fourth-order valence-corrected chi connectivity index (χ4v) is 4.63. The number of carbonyl (C=O) groups excluding carboxylic acids is 1. The van der Waals surface area contributed by atoms with Crippen LogP contribution < -0.4 is 19.6 Å². The Kier molecular flexibility index (Phi) is 8.12. The van der Waals surface area contributed by atoms with E-state index in [-0.39, 0.29) is 12.5 Å². The third kappa shape index (κ3) is 5.95. The molecule has 0 bridgehead atoms. The van der Waals surface area contributed by atoms with Gasteiger partial charge in [-0.1, -0.05) is 15.9 Å². The Morgan fingerprint density at radius 3 is 2.33 bits per heavy atom. The highest BCUT2D eigenvalue weighted by molar-refractivity contribution is 9.11. The maximum Gasteiger partial charge on any atom is 0.277 e. The molecule has 0 aliphatic rings. The van der Waals surface area contributed by atoms with E-state index < -0.39 is 0 Å². The lowest BCUT2D eigenvalue weighted by molar-refractivity contribution is -0.123. The molecule has 0 aliphatic carbocycles. The summed E-state index contributed by atoms with van der Waals surface area (Å²) in [6, 6.07) is 9.02. The Hall–Kier alpha value is -1.58. The highest BCUT2D eigenvalue weighted by Crippen LogP contribution is 2.36. The first-order valence-electron chi connectivity index (χ1n) is 7.68. The second-order valence-electron chi connectivity index (χ2n) is 5.29. The number of carbonyl (C=O) groups is 1. The van der Waals surface area contributed by atoms with Crippen molar-refractivity contribution < 1.29 is 19.0 Å². The number of methoxy groups -OCH3 is 2. The number of rotatable bonds is 7. The van der Waals surface area contributed by atoms with Gasteiger partial charge in [-0.05, 0) is 63.0 Å². The molecule has 6 nitrogen and oxygen atoms in total. The standard InChI is InChI=1S/C18H17Br3N2O4/c1-10(13-5-4-12(25-2)8-16(13)26-3)22-23-17(24)9-27-18-14(20)6-11(19)7-15(18)21/h4-8H,9H2,1-3H3,(H,23,24)/b22-10+. The van der Waals surface area contributed by atoms with Crippen molar-refractivity contribution in [2.24, 2.45) is 5.10 Å². The van der Waals surface area contributed by atoms with E-state index in [1.54, 1.807) is 33.3 Å². The van der Waals surface area contributed by atoms with Crippen LogP contribution in [0.4, 0.5) is 0 Å². The van der Waals surface area contributed by atoms with E-state index in [1.807, 2.05) is 18.2 Å². The second-order valence-corrected chi connectivity index (χ2v) is 7.91. The first-order chi connectivity index (χ1) is 12.8. The normalized spacial score (nSPS) is 11.1. The molecule has 0 atom stereocenters. The van der Waals surface area contributed by atoms with Gasteiger partial charge in [0, 0.05) is 16.1 Å². The van der Waals surface area contributed by atoms with E-state index in [0.717, 1.165) is 19.0 Å². The van der Waals surface area contributed by atoms with E-state index in [4.69, 9.17) is 14.2 Å². The Balaban J connectivity index is 2.02. The van der Waals surface area contributed by atoms with Crippen molar-refractivity contribution in [2.45, 2.75) is 6.92 Å². The quantitative estimate of drug-likeness (QED) is 0.383. The number of benzene rings is 2. The third-order valence-electron chi connectivity index (χ3n) is 3.46. The largest absolute Gasteiger partial charge is 0.497 e. The molecular weight excluding hydrogens is 548 g/mol.